The maximum absolute atomic E-state index is 12.9. The number of benzene rings is 2. The molecule has 6 heteroatoms. The number of aromatic amines is 1. The van der Waals surface area contributed by atoms with E-state index in [0.29, 0.717) is 5.52 Å². The highest BCUT2D eigenvalue weighted by Gasteiger charge is 2.23. The van der Waals surface area contributed by atoms with Crippen LogP contribution in [0, 0.1) is 0 Å². The quantitative estimate of drug-likeness (QED) is 0.777. The monoisotopic (exact) mass is 355 g/mol. The third kappa shape index (κ3) is 3.26. The largest absolute Gasteiger partial charge is 0.371 e. The van der Waals surface area contributed by atoms with E-state index in [4.69, 9.17) is 0 Å². The fourth-order valence-corrected chi connectivity index (χ4v) is 4.72. The molecule has 25 heavy (non-hydrogen) atoms. The fourth-order valence-electron chi connectivity index (χ4n) is 3.43. The van der Waals surface area contributed by atoms with Gasteiger partial charge in [0.05, 0.1) is 16.8 Å². The third-order valence-corrected chi connectivity index (χ3v) is 6.17. The molecule has 4 rings (SSSR count). The molecular weight excluding hydrogens is 334 g/mol. The highest BCUT2D eigenvalue weighted by Crippen LogP contribution is 2.27. The Hall–Kier alpha value is -2.34. The van der Waals surface area contributed by atoms with E-state index in [0.717, 1.165) is 42.7 Å². The van der Waals surface area contributed by atoms with Gasteiger partial charge in [0.25, 0.3) is 0 Å². The summed E-state index contributed by atoms with van der Waals surface area (Å²) in [5, 5.41) is 0.0437. The van der Waals surface area contributed by atoms with Crippen molar-refractivity contribution >= 4 is 26.6 Å². The van der Waals surface area contributed by atoms with E-state index < -0.39 is 9.84 Å². The summed E-state index contributed by atoms with van der Waals surface area (Å²) in [4.78, 5) is 9.51. The van der Waals surface area contributed by atoms with Crippen LogP contribution in [0.25, 0.3) is 11.0 Å². The lowest BCUT2D eigenvalue weighted by Gasteiger charge is -2.30. The molecule has 2 heterocycles. The van der Waals surface area contributed by atoms with Crippen LogP contribution in [0.1, 0.15) is 24.8 Å². The molecule has 3 aromatic rings. The van der Waals surface area contributed by atoms with E-state index in [2.05, 4.69) is 14.9 Å². The first-order chi connectivity index (χ1) is 12.1. The standard InChI is InChI=1S/C19H21N3O2S/c23-25(24,19-20-16-9-3-4-10-17(16)21-19)14-15-8-2-5-11-18(15)22-12-6-1-7-13-22/h2-5,8-11H,1,6-7,12-14H2,(H,20,21). The van der Waals surface area contributed by atoms with Gasteiger partial charge in [-0.3, -0.25) is 0 Å². The molecule has 1 saturated heterocycles. The molecule has 0 aliphatic carbocycles. The molecule has 0 atom stereocenters. The van der Waals surface area contributed by atoms with E-state index in [-0.39, 0.29) is 10.9 Å². The molecule has 1 aliphatic rings. The molecule has 0 radical (unpaired) electrons. The predicted octanol–water partition coefficient (Wildman–Crippen LogP) is 3.53. The number of nitrogens with zero attached hydrogens (tertiary/aromatic N) is 2. The highest BCUT2D eigenvalue weighted by molar-refractivity contribution is 7.90. The van der Waals surface area contributed by atoms with E-state index in [9.17, 15) is 8.42 Å². The van der Waals surface area contributed by atoms with Crippen LogP contribution in [-0.2, 0) is 15.6 Å². The normalized spacial score (nSPS) is 15.6. The van der Waals surface area contributed by atoms with Gasteiger partial charge < -0.3 is 9.88 Å². The smallest absolute Gasteiger partial charge is 0.226 e. The maximum atomic E-state index is 12.9. The summed E-state index contributed by atoms with van der Waals surface area (Å²) in [5.41, 5.74) is 3.28. The number of nitrogens with one attached hydrogen (secondary N) is 1. The lowest BCUT2D eigenvalue weighted by Crippen LogP contribution is -2.30. The Labute approximate surface area is 147 Å². The minimum absolute atomic E-state index is 0.0422. The van der Waals surface area contributed by atoms with Crippen LogP contribution in [0.3, 0.4) is 0 Å². The number of hydrogen-bond acceptors (Lipinski definition) is 4. The summed E-state index contributed by atoms with van der Waals surface area (Å²) in [7, 11) is -3.53. The molecule has 0 unspecified atom stereocenters. The number of sulfone groups is 1. The first-order valence-corrected chi connectivity index (χ1v) is 10.3. The van der Waals surface area contributed by atoms with Gasteiger partial charge in [-0.25, -0.2) is 13.4 Å². The minimum atomic E-state index is -3.53. The summed E-state index contributed by atoms with van der Waals surface area (Å²) >= 11 is 0. The summed E-state index contributed by atoms with van der Waals surface area (Å²) in [6.07, 6.45) is 3.56. The molecule has 2 aromatic carbocycles. The molecule has 0 spiro atoms. The molecule has 0 saturated carbocycles. The fraction of sp³-hybridized carbons (Fsp3) is 0.316. The Kier molecular flexibility index (Phi) is 4.21. The molecule has 130 valence electrons. The summed E-state index contributed by atoms with van der Waals surface area (Å²) in [6.45, 7) is 1.98. The summed E-state index contributed by atoms with van der Waals surface area (Å²) < 4.78 is 25.8. The number of fused-ring (bicyclic) bond motifs is 1. The topological polar surface area (TPSA) is 66.1 Å². The van der Waals surface area contributed by atoms with Gasteiger partial charge in [0.1, 0.15) is 0 Å². The summed E-state index contributed by atoms with van der Waals surface area (Å²) in [6, 6.07) is 15.2. The Morgan fingerprint density at radius 3 is 2.48 bits per heavy atom. The van der Waals surface area contributed by atoms with Gasteiger partial charge in [0.15, 0.2) is 0 Å². The van der Waals surface area contributed by atoms with E-state index in [1.807, 2.05) is 48.5 Å². The van der Waals surface area contributed by atoms with Crippen LogP contribution >= 0.6 is 0 Å². The van der Waals surface area contributed by atoms with Gasteiger partial charge in [-0.15, -0.1) is 0 Å². The molecule has 1 aromatic heterocycles. The molecule has 0 amide bonds. The van der Waals surface area contributed by atoms with Crippen molar-refractivity contribution in [3.63, 3.8) is 0 Å². The Morgan fingerprint density at radius 1 is 0.960 bits per heavy atom. The van der Waals surface area contributed by atoms with Crippen molar-refractivity contribution < 1.29 is 8.42 Å². The van der Waals surface area contributed by atoms with Gasteiger partial charge in [-0.2, -0.15) is 0 Å². The number of anilines is 1. The van der Waals surface area contributed by atoms with Crippen molar-refractivity contribution in [1.29, 1.82) is 0 Å². The molecule has 5 nitrogen and oxygen atoms in total. The number of H-pyrrole nitrogens is 1. The number of imidazole rings is 1. The van der Waals surface area contributed by atoms with Gasteiger partial charge in [0.2, 0.25) is 15.0 Å². The van der Waals surface area contributed by atoms with Crippen molar-refractivity contribution in [1.82, 2.24) is 9.97 Å². The zero-order valence-corrected chi connectivity index (χ0v) is 14.8. The van der Waals surface area contributed by atoms with Crippen molar-refractivity contribution in [3.05, 3.63) is 54.1 Å². The molecule has 1 fully saturated rings. The third-order valence-electron chi connectivity index (χ3n) is 4.70. The number of rotatable bonds is 4. The first kappa shape index (κ1) is 16.1. The molecular formula is C19H21N3O2S. The van der Waals surface area contributed by atoms with Crippen molar-refractivity contribution in [2.24, 2.45) is 0 Å². The van der Waals surface area contributed by atoms with Crippen LogP contribution in [-0.4, -0.2) is 31.5 Å². The SMILES string of the molecule is O=S(=O)(Cc1ccccc1N1CCCCC1)c1nc2ccccc2[nH]1. The van der Waals surface area contributed by atoms with E-state index >= 15 is 0 Å². The minimum Gasteiger partial charge on any atom is -0.371 e. The van der Waals surface area contributed by atoms with Crippen LogP contribution in [0.5, 0.6) is 0 Å². The highest BCUT2D eigenvalue weighted by atomic mass is 32.2. The number of piperidine rings is 1. The second-order valence-corrected chi connectivity index (χ2v) is 8.40. The van der Waals surface area contributed by atoms with Crippen LogP contribution < -0.4 is 4.90 Å². The second kappa shape index (κ2) is 6.52. The zero-order chi connectivity index (χ0) is 17.3. The Balaban J connectivity index is 1.67. The lowest BCUT2D eigenvalue weighted by atomic mass is 10.1. The van der Waals surface area contributed by atoms with Crippen LogP contribution in [0.15, 0.2) is 53.7 Å². The van der Waals surface area contributed by atoms with Gasteiger partial charge in [-0.05, 0) is 43.0 Å². The number of aromatic nitrogens is 2. The van der Waals surface area contributed by atoms with Gasteiger partial charge in [-0.1, -0.05) is 30.3 Å². The molecule has 0 bridgehead atoms. The molecule has 1 aliphatic heterocycles. The van der Waals surface area contributed by atoms with Crippen molar-refractivity contribution in [2.75, 3.05) is 18.0 Å². The van der Waals surface area contributed by atoms with Crippen LogP contribution in [0.4, 0.5) is 5.69 Å². The zero-order valence-electron chi connectivity index (χ0n) is 14.0. The van der Waals surface area contributed by atoms with Crippen LogP contribution in [0.2, 0.25) is 0 Å². The van der Waals surface area contributed by atoms with Crippen molar-refractivity contribution in [2.45, 2.75) is 30.2 Å². The Morgan fingerprint density at radius 2 is 1.68 bits per heavy atom. The maximum Gasteiger partial charge on any atom is 0.226 e. The number of hydrogen-bond donors (Lipinski definition) is 1. The first-order valence-electron chi connectivity index (χ1n) is 8.64. The summed E-state index contributed by atoms with van der Waals surface area (Å²) in [5.74, 6) is -0.0422. The predicted molar refractivity (Wildman–Crippen MR) is 99.5 cm³/mol. The van der Waals surface area contributed by atoms with Crippen molar-refractivity contribution in [3.8, 4) is 0 Å². The van der Waals surface area contributed by atoms with E-state index in [1.165, 1.54) is 6.42 Å². The van der Waals surface area contributed by atoms with Gasteiger partial charge >= 0.3 is 0 Å². The second-order valence-electron chi connectivity index (χ2n) is 6.49. The molecule has 1 N–H and O–H groups in total. The lowest BCUT2D eigenvalue weighted by molar-refractivity contribution is 0.575. The number of para-hydroxylation sites is 3. The average Bonchev–Trinajstić information content (AvgIpc) is 3.08. The van der Waals surface area contributed by atoms with Gasteiger partial charge in [0, 0.05) is 18.8 Å². The van der Waals surface area contributed by atoms with E-state index in [1.54, 1.807) is 0 Å². The Bertz CT molecular complexity index is 956. The average molecular weight is 355 g/mol.